The van der Waals surface area contributed by atoms with E-state index in [0.717, 1.165) is 26.4 Å². The van der Waals surface area contributed by atoms with Crippen LogP contribution in [-0.2, 0) is 19.0 Å². The molecule has 0 amide bonds. The number of hydrogen-bond acceptors (Lipinski definition) is 4. The van der Waals surface area contributed by atoms with Gasteiger partial charge in [0.05, 0.1) is 26.4 Å². The van der Waals surface area contributed by atoms with Gasteiger partial charge >= 0.3 is 0 Å². The highest BCUT2D eigenvalue weighted by molar-refractivity contribution is 5.72. The molecule has 84 valence electrons. The molecule has 0 radical (unpaired) electrons. The first-order chi connectivity index (χ1) is 6.18. The maximum absolute atomic E-state index is 9.44. The summed E-state index contributed by atoms with van der Waals surface area (Å²) < 4.78 is 15.1. The molecule has 0 aliphatic carbocycles. The van der Waals surface area contributed by atoms with Gasteiger partial charge in [0.15, 0.2) is 0 Å². The number of epoxide rings is 2. The average Bonchev–Trinajstić information content (AvgIpc) is 2.78. The van der Waals surface area contributed by atoms with Crippen molar-refractivity contribution in [2.45, 2.75) is 26.1 Å². The van der Waals surface area contributed by atoms with Crippen molar-refractivity contribution in [3.8, 4) is 0 Å². The normalized spacial score (nSPS) is 26.7. The van der Waals surface area contributed by atoms with Gasteiger partial charge in [-0.3, -0.25) is 4.70 Å². The third-order valence-electron chi connectivity index (χ3n) is 1.41. The maximum Gasteiger partial charge on any atom is 0.126 e. The molecule has 0 saturated carbocycles. The number of carbonyl (C=O) groups is 1. The summed E-state index contributed by atoms with van der Waals surface area (Å²) in [5.41, 5.74) is 0. The van der Waals surface area contributed by atoms with Crippen molar-refractivity contribution < 1.29 is 23.7 Å². The van der Waals surface area contributed by atoms with Crippen LogP contribution in [0.15, 0.2) is 0 Å². The SMILES string of the molecule is C(OCC1CO1)C1CO1.CC(C)=O.F. The number of ether oxygens (including phenoxy) is 3. The third-order valence-corrected chi connectivity index (χ3v) is 1.41. The Labute approximate surface area is 82.9 Å². The molecule has 2 fully saturated rings. The highest BCUT2D eigenvalue weighted by Gasteiger charge is 2.26. The number of hydrogen-bond donors (Lipinski definition) is 0. The lowest BCUT2D eigenvalue weighted by atomic mass is 10.5. The Morgan fingerprint density at radius 1 is 1.21 bits per heavy atom. The summed E-state index contributed by atoms with van der Waals surface area (Å²) in [6.45, 7) is 6.32. The number of Topliss-reactive ketones (excluding diaryl/α,β-unsaturated/α-hetero) is 1. The van der Waals surface area contributed by atoms with Crippen LogP contribution in [0.5, 0.6) is 0 Å². The first-order valence-electron chi connectivity index (χ1n) is 4.46. The van der Waals surface area contributed by atoms with E-state index in [1.54, 1.807) is 0 Å². The van der Waals surface area contributed by atoms with E-state index < -0.39 is 0 Å². The van der Waals surface area contributed by atoms with Gasteiger partial charge in [0, 0.05) is 0 Å². The second-order valence-electron chi connectivity index (χ2n) is 3.36. The predicted molar refractivity (Wildman–Crippen MR) is 49.2 cm³/mol. The summed E-state index contributed by atoms with van der Waals surface area (Å²) in [7, 11) is 0. The second-order valence-corrected chi connectivity index (χ2v) is 3.36. The number of rotatable bonds is 4. The van der Waals surface area contributed by atoms with E-state index in [-0.39, 0.29) is 10.5 Å². The van der Waals surface area contributed by atoms with Crippen molar-refractivity contribution in [3.63, 3.8) is 0 Å². The van der Waals surface area contributed by atoms with Gasteiger partial charge in [-0.25, -0.2) is 0 Å². The molecule has 0 aromatic rings. The Morgan fingerprint density at radius 3 is 1.71 bits per heavy atom. The van der Waals surface area contributed by atoms with Gasteiger partial charge in [0.25, 0.3) is 0 Å². The van der Waals surface area contributed by atoms with E-state index in [1.807, 2.05) is 0 Å². The van der Waals surface area contributed by atoms with Gasteiger partial charge in [-0.15, -0.1) is 0 Å². The molecule has 2 unspecified atom stereocenters. The molecule has 0 aromatic heterocycles. The quantitative estimate of drug-likeness (QED) is 0.633. The van der Waals surface area contributed by atoms with Crippen molar-refractivity contribution in [1.82, 2.24) is 0 Å². The fourth-order valence-electron chi connectivity index (χ4n) is 0.659. The van der Waals surface area contributed by atoms with E-state index in [4.69, 9.17) is 14.2 Å². The Bertz CT molecular complexity index is 150. The molecule has 0 bridgehead atoms. The predicted octanol–water partition coefficient (Wildman–Crippen LogP) is 0.548. The van der Waals surface area contributed by atoms with Crippen LogP contribution in [0.25, 0.3) is 0 Å². The van der Waals surface area contributed by atoms with E-state index >= 15 is 0 Å². The minimum atomic E-state index is 0. The van der Waals surface area contributed by atoms with E-state index in [1.165, 1.54) is 13.8 Å². The zero-order valence-electron chi connectivity index (χ0n) is 8.52. The van der Waals surface area contributed by atoms with Gasteiger partial charge in [0.1, 0.15) is 18.0 Å². The standard InChI is InChI=1S/C6H10O3.C3H6O.FH/c1(5-3-8-5)7-2-6-4-9-6;1-3(2)4;/h5-6H,1-4H2;1-2H3;1H. The smallest absolute Gasteiger partial charge is 0.126 e. The summed E-state index contributed by atoms with van der Waals surface area (Å²) in [6, 6.07) is 0. The lowest BCUT2D eigenvalue weighted by Gasteiger charge is -1.95. The van der Waals surface area contributed by atoms with Crippen LogP contribution in [0.4, 0.5) is 4.70 Å². The Hall–Kier alpha value is -0.520. The van der Waals surface area contributed by atoms with Crippen molar-refractivity contribution >= 4 is 5.78 Å². The van der Waals surface area contributed by atoms with Crippen LogP contribution in [0.2, 0.25) is 0 Å². The van der Waals surface area contributed by atoms with Gasteiger partial charge in [-0.2, -0.15) is 0 Å². The van der Waals surface area contributed by atoms with Gasteiger partial charge in [0.2, 0.25) is 0 Å². The van der Waals surface area contributed by atoms with Crippen LogP contribution in [0, 0.1) is 0 Å². The van der Waals surface area contributed by atoms with E-state index in [9.17, 15) is 4.79 Å². The Kier molecular flexibility index (Phi) is 6.61. The molecule has 0 aromatic carbocycles. The molecule has 0 spiro atoms. The first kappa shape index (κ1) is 13.5. The molecule has 5 heteroatoms. The monoisotopic (exact) mass is 208 g/mol. The van der Waals surface area contributed by atoms with Gasteiger partial charge < -0.3 is 19.0 Å². The largest absolute Gasteiger partial charge is 0.376 e. The molecule has 2 heterocycles. The fourth-order valence-corrected chi connectivity index (χ4v) is 0.659. The van der Waals surface area contributed by atoms with E-state index in [0.29, 0.717) is 12.2 Å². The molecule has 2 saturated heterocycles. The fraction of sp³-hybridized carbons (Fsp3) is 0.889. The van der Waals surface area contributed by atoms with E-state index in [2.05, 4.69) is 0 Å². The minimum absolute atomic E-state index is 0. The first-order valence-corrected chi connectivity index (χ1v) is 4.46. The van der Waals surface area contributed by atoms with Crippen molar-refractivity contribution in [3.05, 3.63) is 0 Å². The summed E-state index contributed by atoms with van der Waals surface area (Å²) in [5, 5.41) is 0. The zero-order valence-corrected chi connectivity index (χ0v) is 8.52. The van der Waals surface area contributed by atoms with Gasteiger partial charge in [-0.05, 0) is 13.8 Å². The molecule has 2 atom stereocenters. The van der Waals surface area contributed by atoms with Crippen LogP contribution in [-0.4, -0.2) is 44.4 Å². The summed E-state index contributed by atoms with van der Waals surface area (Å²) in [5.74, 6) is 0.167. The molecular formula is C9H17FO4. The third kappa shape index (κ3) is 9.57. The lowest BCUT2D eigenvalue weighted by molar-refractivity contribution is -0.114. The molecule has 0 N–H and O–H groups in total. The van der Waals surface area contributed by atoms with Crippen LogP contribution in [0.3, 0.4) is 0 Å². The maximum atomic E-state index is 9.44. The number of halogens is 1. The highest BCUT2D eigenvalue weighted by atomic mass is 19.0. The molecule has 4 nitrogen and oxygen atoms in total. The molecule has 2 rings (SSSR count). The zero-order chi connectivity index (χ0) is 9.68. The summed E-state index contributed by atoms with van der Waals surface area (Å²) in [4.78, 5) is 9.44. The highest BCUT2D eigenvalue weighted by Crippen LogP contribution is 2.12. The summed E-state index contributed by atoms with van der Waals surface area (Å²) in [6.07, 6.45) is 0.785. The van der Waals surface area contributed by atoms with Gasteiger partial charge in [-0.1, -0.05) is 0 Å². The van der Waals surface area contributed by atoms with Crippen molar-refractivity contribution in [1.29, 1.82) is 0 Å². The lowest BCUT2D eigenvalue weighted by Crippen LogP contribution is -2.06. The number of carbonyl (C=O) groups excluding carboxylic acids is 1. The van der Waals surface area contributed by atoms with Crippen LogP contribution in [0.1, 0.15) is 13.8 Å². The average molecular weight is 208 g/mol. The second kappa shape index (κ2) is 6.86. The van der Waals surface area contributed by atoms with Crippen molar-refractivity contribution in [2.24, 2.45) is 0 Å². The molecule has 2 aliphatic heterocycles. The summed E-state index contributed by atoms with van der Waals surface area (Å²) >= 11 is 0. The molecule has 2 aliphatic rings. The number of ketones is 1. The van der Waals surface area contributed by atoms with Crippen LogP contribution < -0.4 is 0 Å². The Morgan fingerprint density at radius 2 is 1.50 bits per heavy atom. The Balaban J connectivity index is 0.000000299. The minimum Gasteiger partial charge on any atom is -0.376 e. The van der Waals surface area contributed by atoms with Crippen molar-refractivity contribution in [2.75, 3.05) is 26.4 Å². The van der Waals surface area contributed by atoms with Crippen LogP contribution >= 0.6 is 0 Å². The molecule has 14 heavy (non-hydrogen) atoms. The topological polar surface area (TPSA) is 51.4 Å². The molecular weight excluding hydrogens is 191 g/mol.